The maximum absolute atomic E-state index is 11.7. The van der Waals surface area contributed by atoms with Crippen LogP contribution in [0, 0.1) is 0 Å². The van der Waals surface area contributed by atoms with Gasteiger partial charge in [-0.25, -0.2) is 0 Å². The van der Waals surface area contributed by atoms with Crippen LogP contribution in [-0.2, 0) is 4.79 Å². The van der Waals surface area contributed by atoms with Crippen molar-refractivity contribution in [2.75, 3.05) is 5.32 Å². The Bertz CT molecular complexity index is 490. The summed E-state index contributed by atoms with van der Waals surface area (Å²) in [5, 5.41) is 6.70. The van der Waals surface area contributed by atoms with Gasteiger partial charge in [0, 0.05) is 10.2 Å². The number of hydrogen-bond donors (Lipinski definition) is 3. The topological polar surface area (TPSA) is 79.5 Å². The van der Waals surface area contributed by atoms with E-state index in [9.17, 15) is 4.79 Å². The third-order valence-electron chi connectivity index (χ3n) is 1.92. The molecule has 0 saturated carbocycles. The zero-order valence-electron chi connectivity index (χ0n) is 9.74. The van der Waals surface area contributed by atoms with E-state index in [1.807, 2.05) is 24.3 Å². The summed E-state index contributed by atoms with van der Waals surface area (Å²) in [4.78, 5) is 11.7. The molecule has 1 aromatic carbocycles. The molecule has 0 spiro atoms. The molecule has 0 aromatic heterocycles. The fourth-order valence-electron chi connectivity index (χ4n) is 1.18. The van der Waals surface area contributed by atoms with E-state index < -0.39 is 0 Å². The summed E-state index contributed by atoms with van der Waals surface area (Å²) in [7, 11) is 0. The quantitative estimate of drug-likeness (QED) is 0.448. The van der Waals surface area contributed by atoms with Gasteiger partial charge in [0.2, 0.25) is 5.91 Å². The third kappa shape index (κ3) is 5.24. The zero-order valence-corrected chi connectivity index (χ0v) is 12.1. The number of hydrazone groups is 1. The number of benzene rings is 1. The molecule has 0 aliphatic heterocycles. The Balaban J connectivity index is 2.55. The van der Waals surface area contributed by atoms with Crippen molar-refractivity contribution >= 4 is 50.6 Å². The fraction of sp³-hybridized carbons (Fsp3) is 0.182. The number of hydrogen-bond acceptors (Lipinski definition) is 3. The van der Waals surface area contributed by atoms with Crippen LogP contribution >= 0.6 is 28.1 Å². The number of rotatable bonds is 4. The molecule has 0 bridgehead atoms. The van der Waals surface area contributed by atoms with Crippen LogP contribution < -0.4 is 16.5 Å². The van der Waals surface area contributed by atoms with Gasteiger partial charge in [-0.1, -0.05) is 12.1 Å². The van der Waals surface area contributed by atoms with Gasteiger partial charge in [0.15, 0.2) is 5.11 Å². The number of anilines is 1. The SMILES string of the molecule is CC(CC(=O)Nc1ccccc1Br)=NNC(N)=S. The average molecular weight is 329 g/mol. The highest BCUT2D eigenvalue weighted by Gasteiger charge is 2.06. The summed E-state index contributed by atoms with van der Waals surface area (Å²) < 4.78 is 0.828. The van der Waals surface area contributed by atoms with E-state index >= 15 is 0 Å². The normalized spacial score (nSPS) is 10.9. The molecule has 0 radical (unpaired) electrons. The Kier molecular flexibility index (Phi) is 5.73. The van der Waals surface area contributed by atoms with Crippen LogP contribution in [0.5, 0.6) is 0 Å². The number of thiocarbonyl (C=S) groups is 1. The molecule has 0 fully saturated rings. The minimum Gasteiger partial charge on any atom is -0.375 e. The lowest BCUT2D eigenvalue weighted by molar-refractivity contribution is -0.115. The molecule has 0 atom stereocenters. The summed E-state index contributed by atoms with van der Waals surface area (Å²) >= 11 is 7.95. The molecular weight excluding hydrogens is 316 g/mol. The standard InChI is InChI=1S/C11H13BrN4OS/c1-7(15-16-11(13)18)6-10(17)14-9-5-3-2-4-8(9)12/h2-5H,6H2,1H3,(H,14,17)(H3,13,16,18). The van der Waals surface area contributed by atoms with E-state index in [2.05, 4.69) is 44.0 Å². The van der Waals surface area contributed by atoms with Gasteiger partial charge in [-0.15, -0.1) is 0 Å². The lowest BCUT2D eigenvalue weighted by atomic mass is 10.2. The number of nitrogens with one attached hydrogen (secondary N) is 2. The zero-order chi connectivity index (χ0) is 13.5. The van der Waals surface area contributed by atoms with Gasteiger partial charge in [0.25, 0.3) is 0 Å². The summed E-state index contributed by atoms with van der Waals surface area (Å²) in [6.07, 6.45) is 0.164. The number of para-hydroxylation sites is 1. The Morgan fingerprint density at radius 3 is 2.78 bits per heavy atom. The summed E-state index contributed by atoms with van der Waals surface area (Å²) in [6.45, 7) is 1.71. The second-order valence-corrected chi connectivity index (χ2v) is 4.82. The van der Waals surface area contributed by atoms with Crippen LogP contribution in [0.4, 0.5) is 5.69 Å². The number of carbonyl (C=O) groups is 1. The molecule has 0 aliphatic rings. The van der Waals surface area contributed by atoms with Crippen molar-refractivity contribution in [3.05, 3.63) is 28.7 Å². The molecule has 5 nitrogen and oxygen atoms in total. The van der Waals surface area contributed by atoms with E-state index in [1.54, 1.807) is 6.92 Å². The first-order chi connectivity index (χ1) is 8.49. The monoisotopic (exact) mass is 328 g/mol. The Hall–Kier alpha value is -1.47. The first-order valence-electron chi connectivity index (χ1n) is 5.12. The van der Waals surface area contributed by atoms with Crippen molar-refractivity contribution in [1.82, 2.24) is 5.43 Å². The highest BCUT2D eigenvalue weighted by atomic mass is 79.9. The van der Waals surface area contributed by atoms with Crippen LogP contribution in [-0.4, -0.2) is 16.7 Å². The molecule has 0 aliphatic carbocycles. The minimum atomic E-state index is -0.159. The highest BCUT2D eigenvalue weighted by molar-refractivity contribution is 9.10. The van der Waals surface area contributed by atoms with Gasteiger partial charge in [0.1, 0.15) is 0 Å². The molecular formula is C11H13BrN4OS. The smallest absolute Gasteiger partial charge is 0.230 e. The molecule has 1 amide bonds. The molecule has 1 rings (SSSR count). The molecule has 0 heterocycles. The van der Waals surface area contributed by atoms with Gasteiger partial charge in [-0.3, -0.25) is 10.2 Å². The molecule has 7 heteroatoms. The Morgan fingerprint density at radius 1 is 1.50 bits per heavy atom. The van der Waals surface area contributed by atoms with Crippen molar-refractivity contribution in [3.8, 4) is 0 Å². The fourth-order valence-corrected chi connectivity index (χ4v) is 1.61. The van der Waals surface area contributed by atoms with Crippen LogP contribution in [0.3, 0.4) is 0 Å². The molecule has 4 N–H and O–H groups in total. The number of carbonyl (C=O) groups excluding carboxylic acids is 1. The van der Waals surface area contributed by atoms with Gasteiger partial charge in [-0.05, 0) is 47.2 Å². The highest BCUT2D eigenvalue weighted by Crippen LogP contribution is 2.21. The first kappa shape index (κ1) is 14.6. The van der Waals surface area contributed by atoms with E-state index in [0.29, 0.717) is 5.71 Å². The second-order valence-electron chi connectivity index (χ2n) is 3.53. The molecule has 96 valence electrons. The van der Waals surface area contributed by atoms with Crippen LogP contribution in [0.15, 0.2) is 33.8 Å². The van der Waals surface area contributed by atoms with E-state index in [-0.39, 0.29) is 17.4 Å². The first-order valence-corrected chi connectivity index (χ1v) is 6.32. The van der Waals surface area contributed by atoms with Crippen molar-refractivity contribution in [2.24, 2.45) is 10.8 Å². The van der Waals surface area contributed by atoms with Crippen LogP contribution in [0.25, 0.3) is 0 Å². The largest absolute Gasteiger partial charge is 0.375 e. The second kappa shape index (κ2) is 7.07. The predicted octanol–water partition coefficient (Wildman–Crippen LogP) is 1.99. The third-order valence-corrected chi connectivity index (χ3v) is 2.70. The van der Waals surface area contributed by atoms with Gasteiger partial charge >= 0.3 is 0 Å². The van der Waals surface area contributed by atoms with Crippen LogP contribution in [0.1, 0.15) is 13.3 Å². The number of nitrogens with two attached hydrogens (primary N) is 1. The maximum Gasteiger partial charge on any atom is 0.230 e. The number of amides is 1. The van der Waals surface area contributed by atoms with Gasteiger partial charge in [-0.2, -0.15) is 5.10 Å². The van der Waals surface area contributed by atoms with Crippen LogP contribution in [0.2, 0.25) is 0 Å². The van der Waals surface area contributed by atoms with E-state index in [4.69, 9.17) is 5.73 Å². The Labute approximate surface area is 119 Å². The number of halogens is 1. The average Bonchev–Trinajstić information content (AvgIpc) is 2.29. The summed E-state index contributed by atoms with van der Waals surface area (Å²) in [5.41, 5.74) is 8.97. The van der Waals surface area contributed by atoms with Gasteiger partial charge in [0.05, 0.1) is 12.1 Å². The van der Waals surface area contributed by atoms with Crippen molar-refractivity contribution in [3.63, 3.8) is 0 Å². The minimum absolute atomic E-state index is 0.0700. The van der Waals surface area contributed by atoms with Crippen molar-refractivity contribution < 1.29 is 4.79 Å². The maximum atomic E-state index is 11.7. The summed E-state index contributed by atoms with van der Waals surface area (Å²) in [6, 6.07) is 7.38. The molecule has 1 aromatic rings. The van der Waals surface area contributed by atoms with Gasteiger partial charge < -0.3 is 11.1 Å². The molecule has 18 heavy (non-hydrogen) atoms. The lowest BCUT2D eigenvalue weighted by Gasteiger charge is -2.07. The number of nitrogens with zero attached hydrogens (tertiary/aromatic N) is 1. The molecule has 0 saturated heterocycles. The Morgan fingerprint density at radius 2 is 2.17 bits per heavy atom. The summed E-state index contributed by atoms with van der Waals surface area (Å²) in [5.74, 6) is -0.159. The lowest BCUT2D eigenvalue weighted by Crippen LogP contribution is -2.26. The van der Waals surface area contributed by atoms with E-state index in [1.165, 1.54) is 0 Å². The predicted molar refractivity (Wildman–Crippen MR) is 80.4 cm³/mol. The van der Waals surface area contributed by atoms with Crippen molar-refractivity contribution in [2.45, 2.75) is 13.3 Å². The molecule has 0 unspecified atom stereocenters. The van der Waals surface area contributed by atoms with Crippen molar-refractivity contribution in [1.29, 1.82) is 0 Å². The van der Waals surface area contributed by atoms with E-state index in [0.717, 1.165) is 10.2 Å².